The van der Waals surface area contributed by atoms with E-state index in [2.05, 4.69) is 9.36 Å². The summed E-state index contributed by atoms with van der Waals surface area (Å²) in [4.78, 5) is 50.1. The normalized spacial score (nSPS) is 19.7. The largest absolute Gasteiger partial charge is 0.460 e. The van der Waals surface area contributed by atoms with Gasteiger partial charge in [-0.25, -0.2) is 14.4 Å². The Morgan fingerprint density at radius 1 is 1.17 bits per heavy atom. The van der Waals surface area contributed by atoms with E-state index in [-0.39, 0.29) is 24.8 Å². The third kappa shape index (κ3) is 4.18. The molecule has 12 heteroatoms. The van der Waals surface area contributed by atoms with Crippen LogP contribution in [0, 0.1) is 12.7 Å². The van der Waals surface area contributed by atoms with Gasteiger partial charge in [0.15, 0.2) is 16.6 Å². The number of aromatic nitrogens is 4. The molecule has 0 N–H and O–H groups in total. The fourth-order valence-corrected chi connectivity index (χ4v) is 5.29. The Kier molecular flexibility index (Phi) is 5.83. The summed E-state index contributed by atoms with van der Waals surface area (Å²) in [6.45, 7) is 5.98. The van der Waals surface area contributed by atoms with E-state index in [1.54, 1.807) is 11.8 Å². The van der Waals surface area contributed by atoms with Gasteiger partial charge in [0.2, 0.25) is 5.91 Å². The van der Waals surface area contributed by atoms with Gasteiger partial charge in [-0.05, 0) is 49.6 Å². The molecule has 0 spiro atoms. The zero-order valence-electron chi connectivity index (χ0n) is 19.4. The van der Waals surface area contributed by atoms with Gasteiger partial charge in [0.1, 0.15) is 17.7 Å². The van der Waals surface area contributed by atoms with E-state index in [1.807, 2.05) is 11.5 Å². The van der Waals surface area contributed by atoms with Crippen molar-refractivity contribution in [2.45, 2.75) is 45.9 Å². The number of halogens is 1. The molecule has 2 aliphatic rings. The number of nitrogens with zero attached hydrogens (tertiary/aromatic N) is 6. The van der Waals surface area contributed by atoms with Crippen LogP contribution in [-0.4, -0.2) is 60.8 Å². The molecule has 5 rings (SSSR count). The Bertz CT molecular complexity index is 1320. The van der Waals surface area contributed by atoms with Gasteiger partial charge in [-0.3, -0.25) is 19.3 Å². The van der Waals surface area contributed by atoms with Gasteiger partial charge >= 0.3 is 5.97 Å². The minimum Gasteiger partial charge on any atom is -0.460 e. The highest BCUT2D eigenvalue weighted by Crippen LogP contribution is 2.39. The highest BCUT2D eigenvalue weighted by atomic mass is 32.1. The van der Waals surface area contributed by atoms with Gasteiger partial charge in [0.05, 0.1) is 24.7 Å². The van der Waals surface area contributed by atoms with E-state index in [0.717, 1.165) is 0 Å². The number of aryl methyl sites for hydroxylation is 1. The molecule has 0 bridgehead atoms. The lowest BCUT2D eigenvalue weighted by molar-refractivity contribution is -0.145. The molecule has 2 aromatic heterocycles. The number of hydrogen-bond donors (Lipinski definition) is 0. The predicted molar refractivity (Wildman–Crippen MR) is 124 cm³/mol. The van der Waals surface area contributed by atoms with Crippen LogP contribution in [0.4, 0.5) is 10.2 Å². The van der Waals surface area contributed by atoms with Gasteiger partial charge in [-0.1, -0.05) is 0 Å². The molecule has 2 atom stereocenters. The van der Waals surface area contributed by atoms with Crippen LogP contribution >= 0.6 is 11.5 Å². The Morgan fingerprint density at radius 3 is 2.57 bits per heavy atom. The maximum atomic E-state index is 13.4. The van der Waals surface area contributed by atoms with Crippen molar-refractivity contribution in [3.05, 3.63) is 47.2 Å². The fourth-order valence-electron chi connectivity index (χ4n) is 4.62. The average molecular weight is 499 g/mol. The van der Waals surface area contributed by atoms with E-state index in [4.69, 9.17) is 9.72 Å². The van der Waals surface area contributed by atoms with Crippen molar-refractivity contribution in [2.24, 2.45) is 0 Å². The van der Waals surface area contributed by atoms with Gasteiger partial charge < -0.3 is 14.2 Å². The first-order valence-corrected chi connectivity index (χ1v) is 12.0. The Labute approximate surface area is 204 Å². The number of anilines is 1. The van der Waals surface area contributed by atoms with Crippen molar-refractivity contribution >= 4 is 35.1 Å². The molecule has 4 heterocycles. The second-order valence-electron chi connectivity index (χ2n) is 8.56. The minimum absolute atomic E-state index is 0.0612. The third-order valence-electron chi connectivity index (χ3n) is 6.16. The van der Waals surface area contributed by atoms with Crippen molar-refractivity contribution in [3.8, 4) is 10.8 Å². The SMILES string of the molecule is CC(=O)OC1CC(=O)N(c2nc(-c3nc(C)ns3)n3c2C(C)N(C(=O)c2ccc(F)cc2)CC3)C1. The lowest BCUT2D eigenvalue weighted by atomic mass is 10.1. The summed E-state index contributed by atoms with van der Waals surface area (Å²) in [7, 11) is 0. The maximum Gasteiger partial charge on any atom is 0.302 e. The number of rotatable bonds is 4. The second-order valence-corrected chi connectivity index (χ2v) is 9.32. The maximum absolute atomic E-state index is 13.4. The summed E-state index contributed by atoms with van der Waals surface area (Å²) in [5.74, 6) is 0.280. The molecule has 3 aromatic rings. The van der Waals surface area contributed by atoms with Crippen molar-refractivity contribution in [1.82, 2.24) is 23.8 Å². The molecule has 35 heavy (non-hydrogen) atoms. The highest BCUT2D eigenvalue weighted by Gasteiger charge is 2.41. The van der Waals surface area contributed by atoms with E-state index in [0.29, 0.717) is 46.8 Å². The summed E-state index contributed by atoms with van der Waals surface area (Å²) in [5, 5.41) is 0.615. The molecule has 0 aliphatic carbocycles. The Morgan fingerprint density at radius 2 is 1.91 bits per heavy atom. The molecule has 1 aromatic carbocycles. The summed E-state index contributed by atoms with van der Waals surface area (Å²) in [6.07, 6.45) is -0.508. The number of hydrogen-bond acceptors (Lipinski definition) is 8. The van der Waals surface area contributed by atoms with Crippen molar-refractivity contribution in [2.75, 3.05) is 18.0 Å². The van der Waals surface area contributed by atoms with Crippen LogP contribution in [0.2, 0.25) is 0 Å². The summed E-state index contributed by atoms with van der Waals surface area (Å²) >= 11 is 1.21. The Balaban J connectivity index is 1.55. The number of ether oxygens (including phenoxy) is 1. The molecule has 1 fully saturated rings. The lowest BCUT2D eigenvalue weighted by Crippen LogP contribution is -2.42. The van der Waals surface area contributed by atoms with Crippen LogP contribution in [0.25, 0.3) is 10.8 Å². The molecular weight excluding hydrogens is 475 g/mol. The van der Waals surface area contributed by atoms with Gasteiger partial charge in [-0.15, -0.1) is 0 Å². The summed E-state index contributed by atoms with van der Waals surface area (Å²) < 4.78 is 24.9. The highest BCUT2D eigenvalue weighted by molar-refractivity contribution is 7.09. The third-order valence-corrected chi connectivity index (χ3v) is 6.97. The van der Waals surface area contributed by atoms with Crippen molar-refractivity contribution in [3.63, 3.8) is 0 Å². The van der Waals surface area contributed by atoms with Crippen LogP contribution < -0.4 is 4.90 Å². The number of carbonyl (C=O) groups is 3. The zero-order chi connectivity index (χ0) is 24.9. The van der Waals surface area contributed by atoms with Crippen LogP contribution in [0.3, 0.4) is 0 Å². The molecule has 182 valence electrons. The molecule has 2 aliphatic heterocycles. The van der Waals surface area contributed by atoms with Gasteiger partial charge in [0, 0.05) is 25.6 Å². The minimum atomic E-state index is -0.569. The zero-order valence-corrected chi connectivity index (χ0v) is 20.2. The summed E-state index contributed by atoms with van der Waals surface area (Å²) in [5.41, 5.74) is 1.06. The number of esters is 1. The molecule has 10 nitrogen and oxygen atoms in total. The molecule has 2 unspecified atom stereocenters. The van der Waals surface area contributed by atoms with Crippen LogP contribution in [-0.2, 0) is 20.9 Å². The van der Waals surface area contributed by atoms with Crippen LogP contribution in [0.15, 0.2) is 24.3 Å². The molecule has 0 saturated carbocycles. The molecule has 1 saturated heterocycles. The lowest BCUT2D eigenvalue weighted by Gasteiger charge is -2.36. The number of fused-ring (bicyclic) bond motifs is 1. The average Bonchev–Trinajstić information content (AvgIpc) is 3.50. The van der Waals surface area contributed by atoms with Crippen molar-refractivity contribution in [1.29, 1.82) is 0 Å². The predicted octanol–water partition coefficient (Wildman–Crippen LogP) is 2.73. The first-order valence-electron chi connectivity index (χ1n) is 11.2. The number of carbonyl (C=O) groups excluding carboxylic acids is 3. The first kappa shape index (κ1) is 23.1. The molecule has 0 radical (unpaired) electrons. The van der Waals surface area contributed by atoms with Crippen LogP contribution in [0.5, 0.6) is 0 Å². The van der Waals surface area contributed by atoms with E-state index >= 15 is 0 Å². The van der Waals surface area contributed by atoms with Crippen molar-refractivity contribution < 1.29 is 23.5 Å². The molecule has 2 amide bonds. The van der Waals surface area contributed by atoms with E-state index < -0.39 is 23.9 Å². The standard InChI is InChI=1S/C23H23FN6O4S/c1-12-19-20(30-11-17(10-18(30)32)34-14(3)31)26-21(22-25-13(2)27-35-22)29(19)9-8-28(12)23(33)15-4-6-16(24)7-5-15/h4-7,12,17H,8-11H2,1-3H3. The summed E-state index contributed by atoms with van der Waals surface area (Å²) in [6, 6.07) is 4.99. The monoisotopic (exact) mass is 498 g/mol. The van der Waals surface area contributed by atoms with Gasteiger partial charge in [-0.2, -0.15) is 4.37 Å². The number of imidazole rings is 1. The second kappa shape index (κ2) is 8.84. The number of benzene rings is 1. The Hall–Kier alpha value is -3.67. The fraction of sp³-hybridized carbons (Fsp3) is 0.391. The number of amides is 2. The topological polar surface area (TPSA) is 111 Å². The van der Waals surface area contributed by atoms with E-state index in [9.17, 15) is 18.8 Å². The first-order chi connectivity index (χ1) is 16.7. The smallest absolute Gasteiger partial charge is 0.302 e. The van der Waals surface area contributed by atoms with E-state index in [1.165, 1.54) is 47.6 Å². The van der Waals surface area contributed by atoms with Gasteiger partial charge in [0.25, 0.3) is 5.91 Å². The quantitative estimate of drug-likeness (QED) is 0.509. The van der Waals surface area contributed by atoms with Crippen LogP contribution in [0.1, 0.15) is 48.2 Å². The molecular formula is C23H23FN6O4S.